The molecule has 3 aliphatic rings. The highest BCUT2D eigenvalue weighted by Crippen LogP contribution is 2.42. The Hall–Kier alpha value is -3.41. The summed E-state index contributed by atoms with van der Waals surface area (Å²) in [6.07, 6.45) is 8.83. The van der Waals surface area contributed by atoms with Gasteiger partial charge in [-0.15, -0.1) is 0 Å². The van der Waals surface area contributed by atoms with Gasteiger partial charge in [0.25, 0.3) is 11.8 Å². The number of amides is 2. The molecule has 1 atom stereocenters. The second-order valence-corrected chi connectivity index (χ2v) is 12.3. The van der Waals surface area contributed by atoms with Crippen LogP contribution in [0.4, 0.5) is 13.2 Å². The van der Waals surface area contributed by atoms with Gasteiger partial charge in [0.2, 0.25) is 5.91 Å². The minimum absolute atomic E-state index is 0.00444. The van der Waals surface area contributed by atoms with Gasteiger partial charge < -0.3 is 20.4 Å². The number of hydrogen-bond donors (Lipinski definition) is 3. The maximum absolute atomic E-state index is 13.3. The van der Waals surface area contributed by atoms with Gasteiger partial charge in [0.15, 0.2) is 0 Å². The molecule has 9 nitrogen and oxygen atoms in total. The lowest BCUT2D eigenvalue weighted by Gasteiger charge is -2.38. The fourth-order valence-corrected chi connectivity index (χ4v) is 5.05. The number of nitrogens with zero attached hydrogens (tertiary/aromatic N) is 3. The first-order valence-corrected chi connectivity index (χ1v) is 15.1. The van der Waals surface area contributed by atoms with Crippen LogP contribution in [0.1, 0.15) is 94.2 Å². The summed E-state index contributed by atoms with van der Waals surface area (Å²) in [6, 6.07) is 7.56. The van der Waals surface area contributed by atoms with Crippen LogP contribution >= 0.6 is 0 Å². The van der Waals surface area contributed by atoms with Gasteiger partial charge in [-0.25, -0.2) is 18.2 Å². The standard InChI is InChI=1S/C15H18FN3O.C13H19F2N3O2.C3H6/c1-15(16)6-11(7-15)5-14(20)17-8-10-2-3-12-13(4-10)19-9-18-12;1-9(2)18-11(4-6-17-18)12(19)16-7-10-3-5-13(14,15)8-20-10;1-2-3-1/h2-4,9,11H,5-8H2,1H3,(H,17,20)(H,18,19);4,6,9-10H,3,5,7-8H2,1-2H3,(H,16,19);1-3H2. The molecule has 1 unspecified atom stereocenters. The Kier molecular flexibility index (Phi) is 10.9. The molecule has 6 rings (SSSR count). The summed E-state index contributed by atoms with van der Waals surface area (Å²) in [5.74, 6) is -2.82. The first-order valence-electron chi connectivity index (χ1n) is 15.1. The molecule has 1 aromatic carbocycles. The van der Waals surface area contributed by atoms with Crippen LogP contribution in [0.3, 0.4) is 0 Å². The van der Waals surface area contributed by atoms with E-state index >= 15 is 0 Å². The Morgan fingerprint density at radius 2 is 1.88 bits per heavy atom. The lowest BCUT2D eigenvalue weighted by Crippen LogP contribution is -2.41. The number of carbonyl (C=O) groups is 2. The Bertz CT molecular complexity index is 1330. The molecule has 0 spiro atoms. The highest BCUT2D eigenvalue weighted by Gasteiger charge is 2.41. The number of ether oxygens (including phenoxy) is 1. The van der Waals surface area contributed by atoms with Crippen LogP contribution in [0.2, 0.25) is 0 Å². The van der Waals surface area contributed by atoms with Crippen molar-refractivity contribution >= 4 is 22.8 Å². The zero-order chi connectivity index (χ0) is 31.0. The third-order valence-corrected chi connectivity index (χ3v) is 7.48. The van der Waals surface area contributed by atoms with Gasteiger partial charge in [-0.05, 0) is 69.7 Å². The molecule has 2 saturated carbocycles. The minimum Gasteiger partial charge on any atom is -0.370 e. The molecular weight excluding hydrogens is 561 g/mol. The molecule has 2 aromatic heterocycles. The fraction of sp³-hybridized carbons (Fsp3) is 0.613. The van der Waals surface area contributed by atoms with Crippen molar-refractivity contribution < 1.29 is 27.5 Å². The first-order chi connectivity index (χ1) is 20.4. The quantitative estimate of drug-likeness (QED) is 0.297. The summed E-state index contributed by atoms with van der Waals surface area (Å²) < 4.78 is 45.8. The maximum Gasteiger partial charge on any atom is 0.271 e. The predicted molar refractivity (Wildman–Crippen MR) is 158 cm³/mol. The molecule has 2 aliphatic carbocycles. The molecule has 3 aromatic rings. The highest BCUT2D eigenvalue weighted by atomic mass is 19.3. The molecular formula is C31H43F3N6O3. The van der Waals surface area contributed by atoms with E-state index in [9.17, 15) is 22.8 Å². The van der Waals surface area contributed by atoms with E-state index in [1.165, 1.54) is 19.3 Å². The lowest BCUT2D eigenvalue weighted by molar-refractivity contribution is -0.141. The van der Waals surface area contributed by atoms with Crippen LogP contribution in [0.15, 0.2) is 36.8 Å². The van der Waals surface area contributed by atoms with Crippen molar-refractivity contribution in [1.82, 2.24) is 30.4 Å². The third-order valence-electron chi connectivity index (χ3n) is 7.48. The molecule has 1 saturated heterocycles. The van der Waals surface area contributed by atoms with Crippen LogP contribution in [-0.4, -0.2) is 62.4 Å². The molecule has 1 aliphatic heterocycles. The Morgan fingerprint density at radius 3 is 2.51 bits per heavy atom. The van der Waals surface area contributed by atoms with Crippen LogP contribution < -0.4 is 10.6 Å². The van der Waals surface area contributed by atoms with E-state index in [2.05, 4.69) is 25.7 Å². The van der Waals surface area contributed by atoms with Gasteiger partial charge in [-0.3, -0.25) is 14.3 Å². The number of benzene rings is 1. The van der Waals surface area contributed by atoms with Crippen molar-refractivity contribution in [2.45, 2.75) is 102 Å². The summed E-state index contributed by atoms with van der Waals surface area (Å²) in [4.78, 5) is 31.0. The Balaban J connectivity index is 0.000000179. The highest BCUT2D eigenvalue weighted by molar-refractivity contribution is 5.92. The van der Waals surface area contributed by atoms with Crippen molar-refractivity contribution in [3.8, 4) is 0 Å². The number of nitrogens with one attached hydrogen (secondary N) is 3. The number of fused-ring (bicyclic) bond motifs is 1. The van der Waals surface area contributed by atoms with E-state index in [0.717, 1.165) is 16.6 Å². The average molecular weight is 605 g/mol. The van der Waals surface area contributed by atoms with Crippen molar-refractivity contribution in [3.05, 3.63) is 48.0 Å². The number of aromatic amines is 1. The summed E-state index contributed by atoms with van der Waals surface area (Å²) >= 11 is 0. The number of rotatable bonds is 8. The van der Waals surface area contributed by atoms with Crippen molar-refractivity contribution in [1.29, 1.82) is 0 Å². The van der Waals surface area contributed by atoms with Crippen molar-refractivity contribution in [2.75, 3.05) is 13.2 Å². The number of imidazole rings is 1. The average Bonchev–Trinajstić information content (AvgIpc) is 3.60. The zero-order valence-electron chi connectivity index (χ0n) is 25.2. The van der Waals surface area contributed by atoms with Gasteiger partial charge in [0.1, 0.15) is 18.0 Å². The molecule has 236 valence electrons. The van der Waals surface area contributed by atoms with Crippen molar-refractivity contribution in [2.24, 2.45) is 5.92 Å². The Morgan fingerprint density at radius 1 is 1.14 bits per heavy atom. The third kappa shape index (κ3) is 10.4. The minimum atomic E-state index is -2.74. The van der Waals surface area contributed by atoms with Gasteiger partial charge in [0, 0.05) is 38.2 Å². The number of carbonyl (C=O) groups excluding carboxylic acids is 2. The molecule has 43 heavy (non-hydrogen) atoms. The molecule has 12 heteroatoms. The molecule has 0 radical (unpaired) electrons. The zero-order valence-corrected chi connectivity index (χ0v) is 25.2. The van der Waals surface area contributed by atoms with Gasteiger partial charge in [-0.2, -0.15) is 5.10 Å². The first kappa shape index (κ1) is 32.5. The van der Waals surface area contributed by atoms with E-state index in [-0.39, 0.29) is 49.3 Å². The number of H-pyrrole nitrogens is 1. The second kappa shape index (κ2) is 14.4. The van der Waals surface area contributed by atoms with Crippen molar-refractivity contribution in [3.63, 3.8) is 0 Å². The summed E-state index contributed by atoms with van der Waals surface area (Å²) in [6.45, 7) is 5.61. The topological polar surface area (TPSA) is 114 Å². The van der Waals surface area contributed by atoms with E-state index in [1.807, 2.05) is 32.0 Å². The van der Waals surface area contributed by atoms with Gasteiger partial charge in [0.05, 0.1) is 23.5 Å². The summed E-state index contributed by atoms with van der Waals surface area (Å²) in [5.41, 5.74) is 2.30. The molecule has 3 fully saturated rings. The molecule has 3 heterocycles. The summed E-state index contributed by atoms with van der Waals surface area (Å²) in [7, 11) is 0. The fourth-order valence-electron chi connectivity index (χ4n) is 5.05. The van der Waals surface area contributed by atoms with E-state index < -0.39 is 18.2 Å². The lowest BCUT2D eigenvalue weighted by atomic mass is 9.72. The van der Waals surface area contributed by atoms with Crippen LogP contribution in [0.25, 0.3) is 11.0 Å². The number of aromatic nitrogens is 4. The van der Waals surface area contributed by atoms with Crippen LogP contribution in [0, 0.1) is 5.92 Å². The SMILES string of the molecule is C1CC1.CC(C)n1nccc1C(=O)NCC1CCC(F)(F)CO1.CC1(F)CC(CC(=O)NCc2ccc3nc[nH]c3c2)C1. The largest absolute Gasteiger partial charge is 0.370 e. The van der Waals surface area contributed by atoms with Crippen LogP contribution in [0.5, 0.6) is 0 Å². The van der Waals surface area contributed by atoms with E-state index in [4.69, 9.17) is 4.74 Å². The molecule has 2 amide bonds. The maximum atomic E-state index is 13.3. The number of alkyl halides is 3. The van der Waals surface area contributed by atoms with Gasteiger partial charge >= 0.3 is 0 Å². The summed E-state index contributed by atoms with van der Waals surface area (Å²) in [5, 5.41) is 9.67. The second-order valence-electron chi connectivity index (χ2n) is 12.3. The molecule has 0 bridgehead atoms. The number of hydrogen-bond acceptors (Lipinski definition) is 5. The van der Waals surface area contributed by atoms with Gasteiger partial charge in [-0.1, -0.05) is 25.3 Å². The monoisotopic (exact) mass is 604 g/mol. The number of halogens is 3. The normalized spacial score (nSPS) is 23.7. The smallest absolute Gasteiger partial charge is 0.271 e. The molecule has 3 N–H and O–H groups in total. The Labute approximate surface area is 250 Å². The van der Waals surface area contributed by atoms with E-state index in [1.54, 1.807) is 30.2 Å². The van der Waals surface area contributed by atoms with Crippen LogP contribution in [-0.2, 0) is 16.1 Å². The predicted octanol–water partition coefficient (Wildman–Crippen LogP) is 5.89. The van der Waals surface area contributed by atoms with E-state index in [0.29, 0.717) is 31.5 Å².